The van der Waals surface area contributed by atoms with Crippen LogP contribution in [0.25, 0.3) is 11.4 Å². The molecule has 0 atom stereocenters. The molecule has 2 aromatic carbocycles. The minimum atomic E-state index is -4.41. The fourth-order valence-corrected chi connectivity index (χ4v) is 5.25. The molecule has 6 nitrogen and oxygen atoms in total. The summed E-state index contributed by atoms with van der Waals surface area (Å²) in [5.41, 5.74) is 1.62. The van der Waals surface area contributed by atoms with Crippen molar-refractivity contribution in [1.29, 1.82) is 0 Å². The largest absolute Gasteiger partial charge is 0.416 e. The van der Waals surface area contributed by atoms with Gasteiger partial charge >= 0.3 is 6.18 Å². The number of halogens is 3. The van der Waals surface area contributed by atoms with Gasteiger partial charge in [0.25, 0.3) is 0 Å². The first kappa shape index (κ1) is 22.5. The van der Waals surface area contributed by atoms with Crippen molar-refractivity contribution in [2.45, 2.75) is 43.7 Å². The van der Waals surface area contributed by atoms with Gasteiger partial charge in [0, 0.05) is 24.6 Å². The average molecular weight is 465 g/mol. The number of rotatable bonds is 4. The summed E-state index contributed by atoms with van der Waals surface area (Å²) in [6.07, 6.45) is -3.38. The van der Waals surface area contributed by atoms with E-state index < -0.39 is 21.8 Å². The number of nitrogens with zero attached hydrogens (tertiary/aromatic N) is 3. The Labute approximate surface area is 184 Å². The van der Waals surface area contributed by atoms with Gasteiger partial charge in [-0.2, -0.15) is 22.5 Å². The van der Waals surface area contributed by atoms with Crippen LogP contribution in [0.2, 0.25) is 0 Å². The highest BCUT2D eigenvalue weighted by atomic mass is 32.2. The first-order valence-corrected chi connectivity index (χ1v) is 11.6. The van der Waals surface area contributed by atoms with Crippen molar-refractivity contribution >= 4 is 10.0 Å². The normalized spacial score (nSPS) is 16.4. The van der Waals surface area contributed by atoms with Crippen molar-refractivity contribution < 1.29 is 26.1 Å². The van der Waals surface area contributed by atoms with Crippen molar-refractivity contribution in [1.82, 2.24) is 14.4 Å². The molecule has 1 aliphatic heterocycles. The number of piperidine rings is 1. The second kappa shape index (κ2) is 8.32. The van der Waals surface area contributed by atoms with Crippen LogP contribution >= 0.6 is 0 Å². The van der Waals surface area contributed by atoms with Gasteiger partial charge in [-0.05, 0) is 62.1 Å². The number of alkyl halides is 3. The van der Waals surface area contributed by atoms with E-state index in [1.165, 1.54) is 16.4 Å². The van der Waals surface area contributed by atoms with Gasteiger partial charge in [0.2, 0.25) is 21.7 Å². The average Bonchev–Trinajstić information content (AvgIpc) is 3.25. The fourth-order valence-electron chi connectivity index (χ4n) is 3.69. The van der Waals surface area contributed by atoms with Crippen molar-refractivity contribution in [3.05, 3.63) is 65.0 Å². The zero-order chi connectivity index (χ0) is 23.1. The van der Waals surface area contributed by atoms with Gasteiger partial charge in [0.1, 0.15) is 0 Å². The second-order valence-corrected chi connectivity index (χ2v) is 9.89. The summed E-state index contributed by atoms with van der Waals surface area (Å²) in [6.45, 7) is 4.45. The van der Waals surface area contributed by atoms with E-state index >= 15 is 0 Å². The van der Waals surface area contributed by atoms with Crippen molar-refractivity contribution in [3.8, 4) is 11.4 Å². The lowest BCUT2D eigenvalue weighted by Crippen LogP contribution is -2.38. The van der Waals surface area contributed by atoms with E-state index in [0.29, 0.717) is 37.4 Å². The smallest absolute Gasteiger partial charge is 0.339 e. The Bertz CT molecular complexity index is 1210. The maximum absolute atomic E-state index is 13.0. The third kappa shape index (κ3) is 4.42. The quantitative estimate of drug-likeness (QED) is 0.546. The van der Waals surface area contributed by atoms with E-state index in [9.17, 15) is 21.6 Å². The summed E-state index contributed by atoms with van der Waals surface area (Å²) in [5, 5.41) is 3.89. The highest BCUT2D eigenvalue weighted by Crippen LogP contribution is 2.33. The van der Waals surface area contributed by atoms with Crippen LogP contribution in [0.3, 0.4) is 0 Å². The molecule has 0 radical (unpaired) electrons. The Morgan fingerprint density at radius 3 is 2.25 bits per heavy atom. The predicted molar refractivity (Wildman–Crippen MR) is 111 cm³/mol. The van der Waals surface area contributed by atoms with Crippen molar-refractivity contribution in [3.63, 3.8) is 0 Å². The van der Waals surface area contributed by atoms with Gasteiger partial charge in [-0.25, -0.2) is 8.42 Å². The Morgan fingerprint density at radius 2 is 1.66 bits per heavy atom. The SMILES string of the molecule is Cc1ccc(S(=O)(=O)N2CCC(c3nc(-c4ccc(C(F)(F)F)cc4)no3)CC2)cc1C. The molecule has 0 spiro atoms. The third-order valence-corrected chi connectivity index (χ3v) is 7.73. The van der Waals surface area contributed by atoms with Crippen LogP contribution in [0, 0.1) is 13.8 Å². The van der Waals surface area contributed by atoms with Crippen LogP contribution in [-0.4, -0.2) is 36.0 Å². The van der Waals surface area contributed by atoms with Gasteiger partial charge < -0.3 is 4.52 Å². The maximum Gasteiger partial charge on any atom is 0.416 e. The minimum absolute atomic E-state index is 0.114. The summed E-state index contributed by atoms with van der Waals surface area (Å²) in [7, 11) is -3.59. The second-order valence-electron chi connectivity index (χ2n) is 7.96. The highest BCUT2D eigenvalue weighted by Gasteiger charge is 2.33. The number of aromatic nitrogens is 2. The summed E-state index contributed by atoms with van der Waals surface area (Å²) in [5.74, 6) is 0.457. The van der Waals surface area contributed by atoms with Gasteiger partial charge in [-0.15, -0.1) is 0 Å². The number of hydrogen-bond donors (Lipinski definition) is 0. The van der Waals surface area contributed by atoms with E-state index in [1.807, 2.05) is 13.8 Å². The molecule has 0 amide bonds. The molecule has 10 heteroatoms. The molecule has 0 aliphatic carbocycles. The van der Waals surface area contributed by atoms with E-state index in [1.54, 1.807) is 18.2 Å². The van der Waals surface area contributed by atoms with Gasteiger partial charge in [0.05, 0.1) is 10.5 Å². The molecule has 170 valence electrons. The van der Waals surface area contributed by atoms with Crippen LogP contribution in [0.4, 0.5) is 13.2 Å². The number of sulfonamides is 1. The first-order chi connectivity index (χ1) is 15.1. The number of benzene rings is 2. The Hall–Kier alpha value is -2.72. The van der Waals surface area contributed by atoms with E-state index in [2.05, 4.69) is 10.1 Å². The molecule has 0 saturated carbocycles. The van der Waals surface area contributed by atoms with Gasteiger partial charge in [-0.1, -0.05) is 23.4 Å². The fraction of sp³-hybridized carbons (Fsp3) is 0.364. The summed E-state index contributed by atoms with van der Waals surface area (Å²) in [6, 6.07) is 9.66. The topological polar surface area (TPSA) is 76.3 Å². The van der Waals surface area contributed by atoms with E-state index in [-0.39, 0.29) is 16.6 Å². The zero-order valence-electron chi connectivity index (χ0n) is 17.6. The zero-order valence-corrected chi connectivity index (χ0v) is 18.4. The van der Waals surface area contributed by atoms with Crippen molar-refractivity contribution in [2.24, 2.45) is 0 Å². The summed E-state index contributed by atoms with van der Waals surface area (Å²) < 4.78 is 71.0. The van der Waals surface area contributed by atoms with Gasteiger partial charge in [-0.3, -0.25) is 0 Å². The molecule has 2 heterocycles. The van der Waals surface area contributed by atoms with Gasteiger partial charge in [0.15, 0.2) is 0 Å². The molecular weight excluding hydrogens is 443 g/mol. The molecular formula is C22H22F3N3O3S. The summed E-state index contributed by atoms with van der Waals surface area (Å²) >= 11 is 0. The molecule has 4 rings (SSSR count). The highest BCUT2D eigenvalue weighted by molar-refractivity contribution is 7.89. The van der Waals surface area contributed by atoms with Crippen LogP contribution < -0.4 is 0 Å². The molecule has 0 bridgehead atoms. The van der Waals surface area contributed by atoms with Crippen LogP contribution in [0.1, 0.15) is 41.3 Å². The van der Waals surface area contributed by atoms with Crippen LogP contribution in [0.15, 0.2) is 51.9 Å². The molecule has 3 aromatic rings. The molecule has 1 saturated heterocycles. The van der Waals surface area contributed by atoms with Crippen LogP contribution in [-0.2, 0) is 16.2 Å². The standard InChI is InChI=1S/C22H22F3N3O3S/c1-14-3-8-19(13-15(14)2)32(29,30)28-11-9-17(10-12-28)21-26-20(27-31-21)16-4-6-18(7-5-16)22(23,24)25/h3-8,13,17H,9-12H2,1-2H3. The Morgan fingerprint density at radius 1 is 1.00 bits per heavy atom. The monoisotopic (exact) mass is 465 g/mol. The van der Waals surface area contributed by atoms with E-state index in [0.717, 1.165) is 23.3 Å². The molecule has 1 aliphatic rings. The predicted octanol–water partition coefficient (Wildman–Crippen LogP) is 4.94. The lowest BCUT2D eigenvalue weighted by atomic mass is 9.98. The minimum Gasteiger partial charge on any atom is -0.339 e. The first-order valence-electron chi connectivity index (χ1n) is 10.1. The van der Waals surface area contributed by atoms with Crippen LogP contribution in [0.5, 0.6) is 0 Å². The van der Waals surface area contributed by atoms with E-state index in [4.69, 9.17) is 4.52 Å². The van der Waals surface area contributed by atoms with Crippen molar-refractivity contribution in [2.75, 3.05) is 13.1 Å². The number of aryl methyl sites for hydroxylation is 2. The maximum atomic E-state index is 13.0. The molecule has 1 fully saturated rings. The lowest BCUT2D eigenvalue weighted by molar-refractivity contribution is -0.137. The molecule has 0 N–H and O–H groups in total. The molecule has 32 heavy (non-hydrogen) atoms. The number of hydrogen-bond acceptors (Lipinski definition) is 5. The lowest BCUT2D eigenvalue weighted by Gasteiger charge is -2.29. The summed E-state index contributed by atoms with van der Waals surface area (Å²) in [4.78, 5) is 4.61. The Kier molecular flexibility index (Phi) is 5.85. The Balaban J connectivity index is 1.44. The molecule has 1 aromatic heterocycles. The molecule has 0 unspecified atom stereocenters. The third-order valence-electron chi connectivity index (χ3n) is 5.83.